The Balaban J connectivity index is 2.42. The maximum absolute atomic E-state index is 12.1. The molecule has 0 aromatic heterocycles. The average Bonchev–Trinajstić information content (AvgIpc) is 2.49. The number of Topliss-reactive ketones (excluding diaryl/α,β-unsaturated/α-hetero) is 2. The highest BCUT2D eigenvalue weighted by atomic mass is 16.7. The molecule has 5 heteroatoms. The molecular weight excluding hydrogens is 236 g/mol. The molecule has 94 valence electrons. The molecule has 0 bridgehead atoms. The summed E-state index contributed by atoms with van der Waals surface area (Å²) in [4.78, 5) is 34.3. The van der Waals surface area contributed by atoms with E-state index in [1.807, 2.05) is 0 Å². The van der Waals surface area contributed by atoms with Crippen LogP contribution < -0.4 is 4.74 Å². The molecule has 1 aromatic carbocycles. The second-order valence-corrected chi connectivity index (χ2v) is 4.24. The Morgan fingerprint density at radius 1 is 1.28 bits per heavy atom. The van der Waals surface area contributed by atoms with Gasteiger partial charge in [-0.15, -0.1) is 0 Å². The van der Waals surface area contributed by atoms with E-state index in [1.165, 1.54) is 32.9 Å². The summed E-state index contributed by atoms with van der Waals surface area (Å²) in [5, 5.41) is 0. The largest absolute Gasteiger partial charge is 0.445 e. The minimum atomic E-state index is -1.64. The summed E-state index contributed by atoms with van der Waals surface area (Å²) < 4.78 is 10.2. The molecule has 1 heterocycles. The van der Waals surface area contributed by atoms with Crippen LogP contribution in [-0.4, -0.2) is 23.3 Å². The maximum atomic E-state index is 12.1. The number of hydrogen-bond acceptors (Lipinski definition) is 5. The third-order valence-electron chi connectivity index (χ3n) is 2.69. The number of carbonyl (C=O) groups is 3. The number of esters is 1. The Bertz CT molecular complexity index is 561. The summed E-state index contributed by atoms with van der Waals surface area (Å²) in [7, 11) is 0. The number of ketones is 2. The highest BCUT2D eigenvalue weighted by molar-refractivity contribution is 6.08. The van der Waals surface area contributed by atoms with Crippen molar-refractivity contribution in [2.75, 3.05) is 0 Å². The van der Waals surface area contributed by atoms with Crippen LogP contribution in [0.3, 0.4) is 0 Å². The normalized spacial score (nSPS) is 21.2. The fourth-order valence-electron chi connectivity index (χ4n) is 1.86. The zero-order valence-electron chi connectivity index (χ0n) is 10.3. The lowest BCUT2D eigenvalue weighted by Gasteiger charge is -2.21. The molecule has 0 N–H and O–H groups in total. The van der Waals surface area contributed by atoms with E-state index in [1.54, 1.807) is 6.07 Å². The lowest BCUT2D eigenvalue weighted by Crippen LogP contribution is -2.41. The van der Waals surface area contributed by atoms with Gasteiger partial charge in [0.15, 0.2) is 5.78 Å². The minimum Gasteiger partial charge on any atom is -0.445 e. The van der Waals surface area contributed by atoms with Crippen molar-refractivity contribution in [1.29, 1.82) is 0 Å². The number of fused-ring (bicyclic) bond motifs is 1. The fourth-order valence-corrected chi connectivity index (χ4v) is 1.86. The molecule has 0 saturated heterocycles. The third kappa shape index (κ3) is 1.88. The van der Waals surface area contributed by atoms with E-state index in [0.29, 0.717) is 11.3 Å². The Hall–Kier alpha value is -2.17. The fraction of sp³-hybridized carbons (Fsp3) is 0.308. The molecule has 0 fully saturated rings. The monoisotopic (exact) mass is 248 g/mol. The molecule has 1 unspecified atom stereocenters. The molecule has 18 heavy (non-hydrogen) atoms. The van der Waals surface area contributed by atoms with E-state index in [0.717, 1.165) is 0 Å². The van der Waals surface area contributed by atoms with Crippen LogP contribution in [0.25, 0.3) is 0 Å². The summed E-state index contributed by atoms with van der Waals surface area (Å²) >= 11 is 0. The van der Waals surface area contributed by atoms with E-state index >= 15 is 0 Å². The highest BCUT2D eigenvalue weighted by Gasteiger charge is 2.47. The van der Waals surface area contributed by atoms with Gasteiger partial charge in [0.05, 0.1) is 5.56 Å². The molecule has 0 amide bonds. The van der Waals surface area contributed by atoms with Gasteiger partial charge in [-0.05, 0) is 25.1 Å². The molecular formula is C13H12O5. The number of rotatable bonds is 2. The number of carbonyl (C=O) groups excluding carboxylic acids is 3. The zero-order chi connectivity index (χ0) is 13.5. The average molecular weight is 248 g/mol. The van der Waals surface area contributed by atoms with Crippen molar-refractivity contribution in [3.05, 3.63) is 29.3 Å². The van der Waals surface area contributed by atoms with Gasteiger partial charge < -0.3 is 9.47 Å². The van der Waals surface area contributed by atoms with Crippen LogP contribution in [0, 0.1) is 0 Å². The van der Waals surface area contributed by atoms with Crippen molar-refractivity contribution in [3.63, 3.8) is 0 Å². The van der Waals surface area contributed by atoms with Gasteiger partial charge in [0, 0.05) is 19.4 Å². The summed E-state index contributed by atoms with van der Waals surface area (Å²) in [6.07, 6.45) is 0. The Morgan fingerprint density at radius 2 is 1.94 bits per heavy atom. The molecule has 2 rings (SSSR count). The maximum Gasteiger partial charge on any atom is 0.315 e. The second kappa shape index (κ2) is 3.94. The zero-order valence-corrected chi connectivity index (χ0v) is 10.3. The first kappa shape index (κ1) is 12.3. The highest BCUT2D eigenvalue weighted by Crippen LogP contribution is 2.36. The van der Waals surface area contributed by atoms with E-state index < -0.39 is 17.5 Å². The SMILES string of the molecule is CC(=O)OC1(C)Oc2ccc(C(C)=O)cc2C1=O. The van der Waals surface area contributed by atoms with E-state index in [9.17, 15) is 14.4 Å². The summed E-state index contributed by atoms with van der Waals surface area (Å²) in [5.41, 5.74) is 0.671. The molecule has 0 spiro atoms. The van der Waals surface area contributed by atoms with Gasteiger partial charge in [-0.1, -0.05) is 0 Å². The lowest BCUT2D eigenvalue weighted by molar-refractivity contribution is -0.172. The van der Waals surface area contributed by atoms with Gasteiger partial charge in [0.25, 0.3) is 0 Å². The van der Waals surface area contributed by atoms with Crippen LogP contribution >= 0.6 is 0 Å². The van der Waals surface area contributed by atoms with Crippen molar-refractivity contribution >= 4 is 17.5 Å². The summed E-state index contributed by atoms with van der Waals surface area (Å²) in [6, 6.07) is 4.54. The van der Waals surface area contributed by atoms with Crippen LogP contribution in [0.1, 0.15) is 41.5 Å². The molecule has 1 aliphatic heterocycles. The van der Waals surface area contributed by atoms with E-state index in [4.69, 9.17) is 9.47 Å². The number of hydrogen-bond donors (Lipinski definition) is 0. The van der Waals surface area contributed by atoms with Gasteiger partial charge in [-0.2, -0.15) is 0 Å². The quantitative estimate of drug-likeness (QED) is 0.589. The standard InChI is InChI=1S/C13H12O5/c1-7(14)9-4-5-11-10(6-9)12(16)13(3,18-11)17-8(2)15/h4-6H,1-3H3. The smallest absolute Gasteiger partial charge is 0.315 e. The van der Waals surface area contributed by atoms with Crippen molar-refractivity contribution in [1.82, 2.24) is 0 Å². The van der Waals surface area contributed by atoms with Crippen molar-refractivity contribution < 1.29 is 23.9 Å². The van der Waals surface area contributed by atoms with Crippen LogP contribution in [0.4, 0.5) is 0 Å². The molecule has 0 aliphatic carbocycles. The van der Waals surface area contributed by atoms with Gasteiger partial charge in [-0.25, -0.2) is 0 Å². The molecule has 0 saturated carbocycles. The van der Waals surface area contributed by atoms with Crippen LogP contribution in [0.2, 0.25) is 0 Å². The predicted octanol–water partition coefficient (Wildman–Crippen LogP) is 1.74. The summed E-state index contributed by atoms with van der Waals surface area (Å²) in [6.45, 7) is 3.99. The van der Waals surface area contributed by atoms with Crippen LogP contribution in [-0.2, 0) is 9.53 Å². The first-order chi connectivity index (χ1) is 8.33. The Labute approximate surface area is 104 Å². The molecule has 1 aromatic rings. The van der Waals surface area contributed by atoms with E-state index in [-0.39, 0.29) is 11.3 Å². The van der Waals surface area contributed by atoms with Crippen molar-refractivity contribution in [2.45, 2.75) is 26.6 Å². The molecule has 1 aliphatic rings. The third-order valence-corrected chi connectivity index (χ3v) is 2.69. The molecule has 5 nitrogen and oxygen atoms in total. The van der Waals surface area contributed by atoms with Crippen molar-refractivity contribution in [2.24, 2.45) is 0 Å². The number of ether oxygens (including phenoxy) is 2. The Kier molecular flexibility index (Phi) is 2.69. The van der Waals surface area contributed by atoms with Crippen molar-refractivity contribution in [3.8, 4) is 5.75 Å². The van der Waals surface area contributed by atoms with Crippen LogP contribution in [0.15, 0.2) is 18.2 Å². The van der Waals surface area contributed by atoms with Gasteiger partial charge in [0.2, 0.25) is 5.78 Å². The first-order valence-corrected chi connectivity index (χ1v) is 5.42. The lowest BCUT2D eigenvalue weighted by atomic mass is 10.0. The predicted molar refractivity (Wildman–Crippen MR) is 61.6 cm³/mol. The summed E-state index contributed by atoms with van der Waals surface area (Å²) in [5.74, 6) is -2.54. The molecule has 1 atom stereocenters. The van der Waals surface area contributed by atoms with Gasteiger partial charge in [-0.3, -0.25) is 14.4 Å². The van der Waals surface area contributed by atoms with E-state index in [2.05, 4.69) is 0 Å². The topological polar surface area (TPSA) is 69.7 Å². The Morgan fingerprint density at radius 3 is 2.50 bits per heavy atom. The van der Waals surface area contributed by atoms with Gasteiger partial charge in [0.1, 0.15) is 5.75 Å². The van der Waals surface area contributed by atoms with Crippen LogP contribution in [0.5, 0.6) is 5.75 Å². The first-order valence-electron chi connectivity index (χ1n) is 5.42. The molecule has 0 radical (unpaired) electrons. The minimum absolute atomic E-state index is 0.147. The number of benzene rings is 1. The van der Waals surface area contributed by atoms with Gasteiger partial charge >= 0.3 is 11.8 Å². The second-order valence-electron chi connectivity index (χ2n) is 4.24.